The van der Waals surface area contributed by atoms with Crippen molar-refractivity contribution in [2.24, 2.45) is 11.8 Å². The topological polar surface area (TPSA) is 136 Å². The number of imide groups is 2. The van der Waals surface area contributed by atoms with Crippen LogP contribution in [0.3, 0.4) is 0 Å². The van der Waals surface area contributed by atoms with Crippen LogP contribution in [-0.2, 0) is 9.59 Å². The van der Waals surface area contributed by atoms with Gasteiger partial charge in [-0.3, -0.25) is 34.2 Å². The molecule has 1 N–H and O–H groups in total. The van der Waals surface area contributed by atoms with Crippen molar-refractivity contribution in [2.75, 3.05) is 50.1 Å². The monoisotopic (exact) mass is 587 g/mol. The van der Waals surface area contributed by atoms with Crippen molar-refractivity contribution in [1.29, 1.82) is 0 Å². The molecule has 6 rings (SSSR count). The van der Waals surface area contributed by atoms with E-state index < -0.39 is 29.7 Å². The van der Waals surface area contributed by atoms with Crippen molar-refractivity contribution in [1.82, 2.24) is 25.1 Å². The number of benzene rings is 1. The van der Waals surface area contributed by atoms with E-state index in [0.29, 0.717) is 53.3 Å². The van der Waals surface area contributed by atoms with Crippen molar-refractivity contribution >= 4 is 41.2 Å². The Labute approximate surface area is 250 Å². The second kappa shape index (κ2) is 11.4. The zero-order valence-electron chi connectivity index (χ0n) is 24.8. The summed E-state index contributed by atoms with van der Waals surface area (Å²) in [6, 6.07) is 4.32. The third-order valence-electron chi connectivity index (χ3n) is 9.42. The Morgan fingerprint density at radius 1 is 0.930 bits per heavy atom. The Kier molecular flexibility index (Phi) is 7.61. The fourth-order valence-corrected chi connectivity index (χ4v) is 7.00. The lowest BCUT2D eigenvalue weighted by atomic mass is 9.78. The second-order valence-corrected chi connectivity index (χ2v) is 12.2. The van der Waals surface area contributed by atoms with Gasteiger partial charge in [-0.1, -0.05) is 6.07 Å². The molecule has 4 aliphatic heterocycles. The van der Waals surface area contributed by atoms with Crippen LogP contribution >= 0.6 is 0 Å². The number of piperidine rings is 3. The SMILES string of the molecule is Cc1nc(N(C)C)ncc1C(=O)N1CCC(C2CCN(c3cccc4c3C(=O)N(C3CCC(=O)NC3=O)C4=O)CC2)CC1. The van der Waals surface area contributed by atoms with Gasteiger partial charge >= 0.3 is 0 Å². The predicted octanol–water partition coefficient (Wildman–Crippen LogP) is 2.02. The molecule has 3 fully saturated rings. The van der Waals surface area contributed by atoms with Crippen LogP contribution in [0.15, 0.2) is 24.4 Å². The van der Waals surface area contributed by atoms with Crippen LogP contribution in [0.1, 0.15) is 75.3 Å². The van der Waals surface area contributed by atoms with Gasteiger partial charge in [-0.15, -0.1) is 0 Å². The normalized spacial score (nSPS) is 21.7. The number of aromatic nitrogens is 2. The third kappa shape index (κ3) is 5.23. The summed E-state index contributed by atoms with van der Waals surface area (Å²) in [4.78, 5) is 79.8. The smallest absolute Gasteiger partial charge is 0.264 e. The highest BCUT2D eigenvalue weighted by atomic mass is 16.2. The number of nitrogens with zero attached hydrogens (tertiary/aromatic N) is 6. The van der Waals surface area contributed by atoms with Crippen LogP contribution in [0.2, 0.25) is 0 Å². The molecule has 0 aliphatic carbocycles. The third-order valence-corrected chi connectivity index (χ3v) is 9.42. The van der Waals surface area contributed by atoms with Gasteiger partial charge in [-0.25, -0.2) is 9.97 Å². The quantitative estimate of drug-likeness (QED) is 0.521. The molecule has 0 saturated carbocycles. The molecule has 1 aromatic carbocycles. The number of carbonyl (C=O) groups excluding carboxylic acids is 5. The molecule has 2 aromatic rings. The summed E-state index contributed by atoms with van der Waals surface area (Å²) in [5.41, 5.74) is 2.62. The van der Waals surface area contributed by atoms with Gasteiger partial charge in [-0.2, -0.15) is 0 Å². The molecular weight excluding hydrogens is 550 g/mol. The fraction of sp³-hybridized carbons (Fsp3) is 0.516. The summed E-state index contributed by atoms with van der Waals surface area (Å²) in [7, 11) is 3.74. The van der Waals surface area contributed by atoms with E-state index in [9.17, 15) is 24.0 Å². The molecule has 43 heavy (non-hydrogen) atoms. The number of likely N-dealkylation sites (tertiary alicyclic amines) is 1. The van der Waals surface area contributed by atoms with Crippen LogP contribution in [-0.4, -0.2) is 95.6 Å². The van der Waals surface area contributed by atoms with E-state index in [1.807, 2.05) is 36.9 Å². The van der Waals surface area contributed by atoms with Crippen LogP contribution < -0.4 is 15.1 Å². The van der Waals surface area contributed by atoms with E-state index in [1.165, 1.54) is 0 Å². The van der Waals surface area contributed by atoms with E-state index in [4.69, 9.17) is 0 Å². The predicted molar refractivity (Wildman–Crippen MR) is 158 cm³/mol. The van der Waals surface area contributed by atoms with E-state index in [1.54, 1.807) is 18.3 Å². The molecule has 0 radical (unpaired) electrons. The number of hydrogen-bond acceptors (Lipinski definition) is 9. The molecule has 1 aromatic heterocycles. The summed E-state index contributed by atoms with van der Waals surface area (Å²) in [5.74, 6) is -0.338. The number of carbonyl (C=O) groups is 5. The number of anilines is 2. The molecule has 12 nitrogen and oxygen atoms in total. The minimum absolute atomic E-state index is 0.0143. The van der Waals surface area contributed by atoms with Crippen LogP contribution in [0.4, 0.5) is 11.6 Å². The molecular formula is C31H37N7O5. The van der Waals surface area contributed by atoms with Crippen molar-refractivity contribution in [3.63, 3.8) is 0 Å². The van der Waals surface area contributed by atoms with Gasteiger partial charge < -0.3 is 14.7 Å². The Morgan fingerprint density at radius 2 is 1.60 bits per heavy atom. The van der Waals surface area contributed by atoms with Crippen LogP contribution in [0.5, 0.6) is 0 Å². The lowest BCUT2D eigenvalue weighted by Gasteiger charge is -2.41. The van der Waals surface area contributed by atoms with E-state index in [-0.39, 0.29) is 18.7 Å². The fourth-order valence-electron chi connectivity index (χ4n) is 7.00. The number of hydrogen-bond donors (Lipinski definition) is 1. The summed E-state index contributed by atoms with van der Waals surface area (Å²) >= 11 is 0. The lowest BCUT2D eigenvalue weighted by molar-refractivity contribution is -0.136. The van der Waals surface area contributed by atoms with Crippen LogP contribution in [0, 0.1) is 18.8 Å². The van der Waals surface area contributed by atoms with Gasteiger partial charge in [0.25, 0.3) is 17.7 Å². The molecule has 0 bridgehead atoms. The minimum Gasteiger partial charge on any atom is -0.371 e. The number of rotatable bonds is 5. The Morgan fingerprint density at radius 3 is 2.23 bits per heavy atom. The van der Waals surface area contributed by atoms with Gasteiger partial charge in [-0.05, 0) is 63.0 Å². The standard InChI is InChI=1S/C31H37N7O5/c1-18-22(17-32-31(33-18)35(2)3)28(41)37-15-11-20(12-16-37)19-9-13-36(14-10-19)23-6-4-5-21-26(23)30(43)38(29(21)42)24-7-8-25(39)34-27(24)40/h4-6,17,19-20,24H,7-16H2,1-3H3,(H,34,39,40). The highest BCUT2D eigenvalue weighted by Gasteiger charge is 2.46. The minimum atomic E-state index is -0.977. The molecule has 1 unspecified atom stereocenters. The van der Waals surface area contributed by atoms with Crippen molar-refractivity contribution in [3.8, 4) is 0 Å². The maximum atomic E-state index is 13.5. The highest BCUT2D eigenvalue weighted by Crippen LogP contribution is 2.38. The summed E-state index contributed by atoms with van der Waals surface area (Å²) in [6.45, 7) is 4.78. The van der Waals surface area contributed by atoms with Gasteiger partial charge in [0.15, 0.2) is 0 Å². The van der Waals surface area contributed by atoms with Crippen molar-refractivity contribution < 1.29 is 24.0 Å². The Balaban J connectivity index is 1.07. The van der Waals surface area contributed by atoms with Gasteiger partial charge in [0, 0.05) is 52.9 Å². The highest BCUT2D eigenvalue weighted by molar-refractivity contribution is 6.25. The van der Waals surface area contributed by atoms with Crippen molar-refractivity contribution in [3.05, 3.63) is 46.8 Å². The molecule has 0 spiro atoms. The first-order valence-electron chi connectivity index (χ1n) is 15.0. The lowest BCUT2D eigenvalue weighted by Crippen LogP contribution is -2.54. The van der Waals surface area contributed by atoms with Crippen molar-refractivity contribution in [2.45, 2.75) is 51.5 Å². The first-order chi connectivity index (χ1) is 20.6. The molecule has 12 heteroatoms. The Hall–Kier alpha value is -4.35. The average molecular weight is 588 g/mol. The Bertz CT molecular complexity index is 1490. The zero-order valence-corrected chi connectivity index (χ0v) is 24.8. The average Bonchev–Trinajstić information content (AvgIpc) is 3.26. The maximum Gasteiger partial charge on any atom is 0.264 e. The first-order valence-corrected chi connectivity index (χ1v) is 15.0. The molecule has 4 aliphatic rings. The zero-order chi connectivity index (χ0) is 30.4. The number of fused-ring (bicyclic) bond motifs is 1. The molecule has 1 atom stereocenters. The maximum absolute atomic E-state index is 13.5. The van der Waals surface area contributed by atoms with Gasteiger partial charge in [0.1, 0.15) is 6.04 Å². The first kappa shape index (κ1) is 28.8. The summed E-state index contributed by atoms with van der Waals surface area (Å²) in [5, 5.41) is 2.25. The largest absolute Gasteiger partial charge is 0.371 e. The van der Waals surface area contributed by atoms with E-state index in [0.717, 1.165) is 49.4 Å². The molecule has 5 heterocycles. The molecule has 226 valence electrons. The molecule has 5 amide bonds. The number of aryl methyl sites for hydroxylation is 1. The number of amides is 5. The van der Waals surface area contributed by atoms with Gasteiger partial charge in [0.2, 0.25) is 17.8 Å². The molecule has 3 saturated heterocycles. The summed E-state index contributed by atoms with van der Waals surface area (Å²) < 4.78 is 0. The summed E-state index contributed by atoms with van der Waals surface area (Å²) in [6.07, 6.45) is 5.67. The van der Waals surface area contributed by atoms with Gasteiger partial charge in [0.05, 0.1) is 28.1 Å². The van der Waals surface area contributed by atoms with Crippen LogP contribution in [0.25, 0.3) is 0 Å². The van der Waals surface area contributed by atoms with E-state index >= 15 is 0 Å². The second-order valence-electron chi connectivity index (χ2n) is 12.2. The number of nitrogens with one attached hydrogen (secondary N) is 1. The van der Waals surface area contributed by atoms with E-state index in [2.05, 4.69) is 20.2 Å².